The molecule has 2 N–H and O–H groups in total. The topological polar surface area (TPSA) is 42.8 Å². The van der Waals surface area contributed by atoms with Crippen LogP contribution in [0, 0.1) is 0 Å². The van der Waals surface area contributed by atoms with E-state index in [1.54, 1.807) is 24.3 Å². The lowest BCUT2D eigenvalue weighted by Gasteiger charge is -2.21. The summed E-state index contributed by atoms with van der Waals surface area (Å²) in [6.07, 6.45) is 0. The number of nitrogens with one attached hydrogen (secondary N) is 2. The largest absolute Gasteiger partial charge is 0.494 e. The number of hydrogen-bond acceptors (Lipinski definition) is 2. The maximum absolute atomic E-state index is 12.4. The molecule has 1 amide bonds. The minimum atomic E-state index is -0.174. The number of carbonyl (C=O) groups is 1. The van der Waals surface area contributed by atoms with E-state index in [9.17, 15) is 4.79 Å². The molecule has 0 spiro atoms. The Kier molecular flexibility index (Phi) is 6.64. The van der Waals surface area contributed by atoms with Crippen molar-refractivity contribution in [1.29, 1.82) is 0 Å². The lowest BCUT2D eigenvalue weighted by Crippen LogP contribution is -3.12. The zero-order valence-electron chi connectivity index (χ0n) is 14.3. The monoisotopic (exact) mass is 347 g/mol. The quantitative estimate of drug-likeness (QED) is 0.808. The van der Waals surface area contributed by atoms with Crippen molar-refractivity contribution < 1.29 is 14.4 Å². The molecule has 5 heteroatoms. The zero-order chi connectivity index (χ0) is 17.5. The molecule has 0 fully saturated rings. The molecule has 0 aromatic heterocycles. The molecule has 0 bridgehead atoms. The number of ether oxygens (including phenoxy) is 1. The molecule has 0 saturated heterocycles. The molecule has 0 heterocycles. The van der Waals surface area contributed by atoms with Crippen LogP contribution in [0.1, 0.15) is 19.4 Å². The van der Waals surface area contributed by atoms with Crippen LogP contribution in [0.3, 0.4) is 0 Å². The maximum atomic E-state index is 12.4. The van der Waals surface area contributed by atoms with Gasteiger partial charge in [-0.15, -0.1) is 0 Å². The highest BCUT2D eigenvalue weighted by molar-refractivity contribution is 6.30. The second-order valence-electron chi connectivity index (χ2n) is 5.82. The SMILES string of the molecule is CCOc1ccc(C[NH+](C)[C@@H](C)C(=O)Nc2ccc(Cl)cc2)cc1. The van der Waals surface area contributed by atoms with Gasteiger partial charge >= 0.3 is 0 Å². The standard InChI is InChI=1S/C19H23ClN2O2/c1-4-24-18-11-5-15(6-12-18)13-22(3)14(2)19(23)21-17-9-7-16(20)8-10-17/h5-12,14H,4,13H2,1-3H3,(H,21,23)/p+1/t14-/m0/s1. The minimum absolute atomic E-state index is 0.0132. The van der Waals surface area contributed by atoms with Gasteiger partial charge < -0.3 is 15.0 Å². The first-order valence-corrected chi connectivity index (χ1v) is 8.48. The predicted octanol–water partition coefficient (Wildman–Crippen LogP) is 2.78. The first kappa shape index (κ1) is 18.3. The van der Waals surface area contributed by atoms with Crippen LogP contribution in [-0.2, 0) is 11.3 Å². The van der Waals surface area contributed by atoms with E-state index in [2.05, 4.69) is 5.32 Å². The van der Waals surface area contributed by atoms with E-state index in [1.165, 1.54) is 5.56 Å². The summed E-state index contributed by atoms with van der Waals surface area (Å²) in [7, 11) is 2.02. The molecule has 0 aliphatic carbocycles. The Morgan fingerprint density at radius 1 is 1.17 bits per heavy atom. The molecule has 0 aliphatic heterocycles. The van der Waals surface area contributed by atoms with E-state index in [1.807, 2.05) is 45.2 Å². The average Bonchev–Trinajstić information content (AvgIpc) is 2.58. The molecular formula is C19H24ClN2O2+. The third-order valence-electron chi connectivity index (χ3n) is 3.96. The first-order valence-electron chi connectivity index (χ1n) is 8.10. The number of benzene rings is 2. The number of anilines is 1. The van der Waals surface area contributed by atoms with Crippen molar-refractivity contribution in [1.82, 2.24) is 0 Å². The highest BCUT2D eigenvalue weighted by Crippen LogP contribution is 2.13. The van der Waals surface area contributed by atoms with Gasteiger partial charge in [0.05, 0.1) is 13.7 Å². The zero-order valence-corrected chi connectivity index (χ0v) is 15.1. The van der Waals surface area contributed by atoms with Crippen molar-refractivity contribution in [2.24, 2.45) is 0 Å². The molecule has 0 radical (unpaired) electrons. The van der Waals surface area contributed by atoms with Crippen LogP contribution in [0.5, 0.6) is 5.75 Å². The summed E-state index contributed by atoms with van der Waals surface area (Å²) < 4.78 is 5.45. The van der Waals surface area contributed by atoms with Crippen molar-refractivity contribution in [2.45, 2.75) is 26.4 Å². The Labute approximate surface area is 148 Å². The normalized spacial score (nSPS) is 13.2. The Bertz CT molecular complexity index is 656. The van der Waals surface area contributed by atoms with Crippen LogP contribution in [0.2, 0.25) is 5.02 Å². The number of likely N-dealkylation sites (N-methyl/N-ethyl adjacent to an activating group) is 1. The van der Waals surface area contributed by atoms with Crippen LogP contribution in [0.15, 0.2) is 48.5 Å². The van der Waals surface area contributed by atoms with Gasteiger partial charge in [-0.3, -0.25) is 4.79 Å². The molecule has 4 nitrogen and oxygen atoms in total. The van der Waals surface area contributed by atoms with E-state index in [-0.39, 0.29) is 11.9 Å². The number of hydrogen-bond donors (Lipinski definition) is 2. The molecule has 0 aliphatic rings. The molecule has 24 heavy (non-hydrogen) atoms. The maximum Gasteiger partial charge on any atom is 0.282 e. The van der Waals surface area contributed by atoms with Crippen molar-refractivity contribution in [2.75, 3.05) is 19.0 Å². The highest BCUT2D eigenvalue weighted by Gasteiger charge is 2.22. The lowest BCUT2D eigenvalue weighted by atomic mass is 10.1. The molecule has 1 unspecified atom stereocenters. The average molecular weight is 348 g/mol. The fraction of sp³-hybridized carbons (Fsp3) is 0.316. The van der Waals surface area contributed by atoms with Crippen molar-refractivity contribution in [3.05, 3.63) is 59.1 Å². The Morgan fingerprint density at radius 3 is 2.38 bits per heavy atom. The van der Waals surface area contributed by atoms with Gasteiger partial charge in [0.25, 0.3) is 5.91 Å². The van der Waals surface area contributed by atoms with E-state index in [4.69, 9.17) is 16.3 Å². The minimum Gasteiger partial charge on any atom is -0.494 e. The van der Waals surface area contributed by atoms with Crippen LogP contribution in [0.25, 0.3) is 0 Å². The van der Waals surface area contributed by atoms with Gasteiger partial charge in [-0.1, -0.05) is 11.6 Å². The van der Waals surface area contributed by atoms with E-state index >= 15 is 0 Å². The molecule has 128 valence electrons. The predicted molar refractivity (Wildman–Crippen MR) is 97.7 cm³/mol. The summed E-state index contributed by atoms with van der Waals surface area (Å²) in [5, 5.41) is 3.58. The van der Waals surface area contributed by atoms with Gasteiger partial charge in [-0.2, -0.15) is 0 Å². The smallest absolute Gasteiger partial charge is 0.282 e. The second-order valence-corrected chi connectivity index (χ2v) is 6.25. The summed E-state index contributed by atoms with van der Waals surface area (Å²) in [6, 6.07) is 15.0. The Hall–Kier alpha value is -2.04. The van der Waals surface area contributed by atoms with Gasteiger partial charge in [0.2, 0.25) is 0 Å². The first-order chi connectivity index (χ1) is 11.5. The number of amides is 1. The molecule has 2 aromatic rings. The Balaban J connectivity index is 1.91. The van der Waals surface area contributed by atoms with Gasteiger partial charge in [0.15, 0.2) is 6.04 Å². The van der Waals surface area contributed by atoms with Gasteiger partial charge in [-0.05, 0) is 62.4 Å². The van der Waals surface area contributed by atoms with Crippen molar-refractivity contribution in [3.63, 3.8) is 0 Å². The van der Waals surface area contributed by atoms with Gasteiger partial charge in [0, 0.05) is 16.3 Å². The molecule has 2 rings (SSSR count). The summed E-state index contributed by atoms with van der Waals surface area (Å²) in [4.78, 5) is 13.5. The fourth-order valence-corrected chi connectivity index (χ4v) is 2.48. The van der Waals surface area contributed by atoms with Crippen LogP contribution in [-0.4, -0.2) is 25.6 Å². The van der Waals surface area contributed by atoms with Crippen LogP contribution < -0.4 is 15.0 Å². The van der Waals surface area contributed by atoms with E-state index in [0.717, 1.165) is 22.9 Å². The van der Waals surface area contributed by atoms with E-state index < -0.39 is 0 Å². The number of halogens is 1. The Morgan fingerprint density at radius 2 is 1.79 bits per heavy atom. The number of carbonyl (C=O) groups excluding carboxylic acids is 1. The molecule has 2 atom stereocenters. The summed E-state index contributed by atoms with van der Waals surface area (Å²) >= 11 is 5.86. The third-order valence-corrected chi connectivity index (χ3v) is 4.21. The van der Waals surface area contributed by atoms with E-state index in [0.29, 0.717) is 11.6 Å². The second kappa shape index (κ2) is 8.71. The molecule has 0 saturated carbocycles. The van der Waals surface area contributed by atoms with Gasteiger partial charge in [-0.25, -0.2) is 0 Å². The fourth-order valence-electron chi connectivity index (χ4n) is 2.35. The lowest BCUT2D eigenvalue weighted by molar-refractivity contribution is -0.907. The van der Waals surface area contributed by atoms with Crippen LogP contribution in [0.4, 0.5) is 5.69 Å². The molecular weight excluding hydrogens is 324 g/mol. The number of rotatable bonds is 7. The van der Waals surface area contributed by atoms with Crippen LogP contribution >= 0.6 is 11.6 Å². The van der Waals surface area contributed by atoms with Crippen molar-refractivity contribution in [3.8, 4) is 5.75 Å². The molecule has 2 aromatic carbocycles. The highest BCUT2D eigenvalue weighted by atomic mass is 35.5. The summed E-state index contributed by atoms with van der Waals surface area (Å²) in [5.74, 6) is 0.855. The number of quaternary nitrogens is 1. The third kappa shape index (κ3) is 5.25. The van der Waals surface area contributed by atoms with Gasteiger partial charge in [0.1, 0.15) is 12.3 Å². The summed E-state index contributed by atoms with van der Waals surface area (Å²) in [6.45, 7) is 5.32. The van der Waals surface area contributed by atoms with Crippen molar-refractivity contribution >= 4 is 23.2 Å². The summed E-state index contributed by atoms with van der Waals surface area (Å²) in [5.41, 5.74) is 1.92.